The molecule has 0 saturated carbocycles. The Balaban J connectivity index is 3.23. The molecule has 0 spiro atoms. The maximum atomic E-state index is 3.94. The molecule has 0 aliphatic rings. The predicted octanol–water partition coefficient (Wildman–Crippen LogP) is -0.766. The number of aliphatic imine (C=N–C) groups is 2. The molecule has 0 amide bonds. The van der Waals surface area contributed by atoms with Crippen LogP contribution in [0.1, 0.15) is 13.3 Å². The summed E-state index contributed by atoms with van der Waals surface area (Å²) in [7, 11) is 0. The van der Waals surface area contributed by atoms with Crippen LogP contribution in [-0.4, -0.2) is 25.9 Å². The van der Waals surface area contributed by atoms with Crippen LogP contribution < -0.4 is 4.99 Å². The molecule has 50 valence electrons. The van der Waals surface area contributed by atoms with Gasteiger partial charge in [-0.2, -0.15) is 0 Å². The molecule has 0 bridgehead atoms. The molecule has 3 heteroatoms. The lowest BCUT2D eigenvalue weighted by atomic mass is 10.5. The summed E-state index contributed by atoms with van der Waals surface area (Å²) in [5.41, 5.74) is 0. The first-order valence-corrected chi connectivity index (χ1v) is 2.94. The molecule has 0 aromatic heterocycles. The smallest absolute Gasteiger partial charge is 0.257 e. The summed E-state index contributed by atoms with van der Waals surface area (Å²) in [5, 5.41) is 0. The molecule has 0 fully saturated rings. The molecule has 0 saturated heterocycles. The number of rotatable bonds is 4. The average molecular weight is 126 g/mol. The zero-order valence-corrected chi connectivity index (χ0v) is 5.67. The molecule has 0 rings (SSSR count). The van der Waals surface area contributed by atoms with Crippen molar-refractivity contribution in [3.63, 3.8) is 0 Å². The van der Waals surface area contributed by atoms with Gasteiger partial charge in [-0.05, 0) is 11.4 Å². The fraction of sp³-hybridized carbons (Fsp3) is 0.500. The third kappa shape index (κ3) is 7.01. The van der Waals surface area contributed by atoms with Crippen LogP contribution in [0.3, 0.4) is 0 Å². The van der Waals surface area contributed by atoms with Crippen molar-refractivity contribution in [3.8, 4) is 0 Å². The van der Waals surface area contributed by atoms with Gasteiger partial charge in [0.15, 0.2) is 0 Å². The fourth-order valence-corrected chi connectivity index (χ4v) is 0.320. The highest BCUT2D eigenvalue weighted by Gasteiger charge is 1.73. The topological polar surface area (TPSA) is 38.7 Å². The molecule has 1 N–H and O–H groups in total. The van der Waals surface area contributed by atoms with Crippen LogP contribution in [0, 0.1) is 0 Å². The van der Waals surface area contributed by atoms with E-state index in [9.17, 15) is 0 Å². The van der Waals surface area contributed by atoms with Gasteiger partial charge in [0.2, 0.25) is 6.34 Å². The van der Waals surface area contributed by atoms with E-state index in [2.05, 4.69) is 28.6 Å². The lowest BCUT2D eigenvalue weighted by molar-refractivity contribution is -0.290. The van der Waals surface area contributed by atoms with E-state index in [0.717, 1.165) is 13.0 Å². The minimum atomic E-state index is 0.842. The molecule has 0 radical (unpaired) electrons. The lowest BCUT2D eigenvalue weighted by Crippen LogP contribution is -2.63. The average Bonchev–Trinajstić information content (AvgIpc) is 1.89. The summed E-state index contributed by atoms with van der Waals surface area (Å²) in [6, 6.07) is 0. The molecular formula is C6H12N3+. The highest BCUT2D eigenvalue weighted by Crippen LogP contribution is 1.73. The second-order valence-electron chi connectivity index (χ2n) is 1.50. The van der Waals surface area contributed by atoms with Gasteiger partial charge in [0.05, 0.1) is 6.72 Å². The standard InChI is InChI=1S/C6H11N3/c1-3-4-8-6-9-5-7-2/h5-6H,2-4H2,1H3/p+1. The molecule has 0 aromatic carbocycles. The van der Waals surface area contributed by atoms with Crippen molar-refractivity contribution in [3.05, 3.63) is 0 Å². The Labute approximate surface area is 55.2 Å². The van der Waals surface area contributed by atoms with Gasteiger partial charge in [-0.3, -0.25) is 9.98 Å². The molecule has 0 heterocycles. The highest BCUT2D eigenvalue weighted by molar-refractivity contribution is 5.66. The molecule has 0 atom stereocenters. The minimum Gasteiger partial charge on any atom is -0.257 e. The van der Waals surface area contributed by atoms with Crippen LogP contribution >= 0.6 is 0 Å². The summed E-state index contributed by atoms with van der Waals surface area (Å²) in [4.78, 5) is 10.2. The Morgan fingerprint density at radius 2 is 2.44 bits per heavy atom. The molecule has 3 nitrogen and oxygen atoms in total. The van der Waals surface area contributed by atoms with Gasteiger partial charge in [0.25, 0.3) is 6.34 Å². The third-order valence-corrected chi connectivity index (χ3v) is 0.667. The van der Waals surface area contributed by atoms with E-state index in [0.29, 0.717) is 0 Å². The van der Waals surface area contributed by atoms with Gasteiger partial charge in [-0.25, -0.2) is 0 Å². The van der Waals surface area contributed by atoms with Crippen molar-refractivity contribution in [1.82, 2.24) is 0 Å². The summed E-state index contributed by atoms with van der Waals surface area (Å²) < 4.78 is 0. The van der Waals surface area contributed by atoms with Crippen molar-refractivity contribution in [2.45, 2.75) is 13.3 Å². The molecule has 0 aromatic rings. The number of nitrogens with zero attached hydrogens (tertiary/aromatic N) is 2. The van der Waals surface area contributed by atoms with E-state index >= 15 is 0 Å². The van der Waals surface area contributed by atoms with Crippen LogP contribution in [0.4, 0.5) is 0 Å². The van der Waals surface area contributed by atoms with Gasteiger partial charge in [-0.1, -0.05) is 6.92 Å². The quantitative estimate of drug-likeness (QED) is 0.380. The number of hydrogen-bond donors (Lipinski definition) is 1. The molecular weight excluding hydrogens is 114 g/mol. The van der Waals surface area contributed by atoms with Crippen LogP contribution in [0.25, 0.3) is 0 Å². The van der Waals surface area contributed by atoms with Crippen molar-refractivity contribution < 1.29 is 4.99 Å². The van der Waals surface area contributed by atoms with Crippen LogP contribution in [0.15, 0.2) is 9.98 Å². The van der Waals surface area contributed by atoms with Crippen LogP contribution in [0.5, 0.6) is 0 Å². The van der Waals surface area contributed by atoms with Crippen molar-refractivity contribution in [2.24, 2.45) is 9.98 Å². The van der Waals surface area contributed by atoms with Gasteiger partial charge in [0.1, 0.15) is 0 Å². The summed E-state index contributed by atoms with van der Waals surface area (Å²) >= 11 is 0. The van der Waals surface area contributed by atoms with Gasteiger partial charge in [0, 0.05) is 6.54 Å². The van der Waals surface area contributed by atoms with Gasteiger partial charge >= 0.3 is 0 Å². The Bertz CT molecular complexity index is 115. The summed E-state index contributed by atoms with van der Waals surface area (Å²) in [6.45, 7) is 6.25. The van der Waals surface area contributed by atoms with Gasteiger partial charge < -0.3 is 0 Å². The van der Waals surface area contributed by atoms with E-state index in [1.54, 1.807) is 0 Å². The van der Waals surface area contributed by atoms with E-state index in [1.807, 2.05) is 0 Å². The monoisotopic (exact) mass is 126 g/mol. The Hall–Kier alpha value is -0.990. The SMILES string of the molecule is C=[NH+]C=NC=NCCC. The Morgan fingerprint density at radius 3 is 3.00 bits per heavy atom. The van der Waals surface area contributed by atoms with E-state index in [-0.39, 0.29) is 0 Å². The normalized spacial score (nSPS) is 11.2. The second-order valence-corrected chi connectivity index (χ2v) is 1.50. The van der Waals surface area contributed by atoms with E-state index in [1.165, 1.54) is 12.7 Å². The molecule has 0 unspecified atom stereocenters. The highest BCUT2D eigenvalue weighted by atomic mass is 14.9. The minimum absolute atomic E-state index is 0.842. The first-order chi connectivity index (χ1) is 4.41. The van der Waals surface area contributed by atoms with Crippen LogP contribution in [-0.2, 0) is 0 Å². The van der Waals surface area contributed by atoms with E-state index < -0.39 is 0 Å². The van der Waals surface area contributed by atoms with Crippen molar-refractivity contribution in [2.75, 3.05) is 6.54 Å². The zero-order chi connectivity index (χ0) is 6.95. The van der Waals surface area contributed by atoms with Gasteiger partial charge in [-0.15, -0.1) is 0 Å². The first-order valence-electron chi connectivity index (χ1n) is 2.94. The third-order valence-electron chi connectivity index (χ3n) is 0.667. The summed E-state index contributed by atoms with van der Waals surface area (Å²) in [6.07, 6.45) is 4.06. The first kappa shape index (κ1) is 8.01. The number of hydrogen-bond acceptors (Lipinski definition) is 1. The molecule has 0 aliphatic heterocycles. The lowest BCUT2D eigenvalue weighted by Gasteiger charge is -1.76. The van der Waals surface area contributed by atoms with Crippen molar-refractivity contribution in [1.29, 1.82) is 0 Å². The molecule has 0 aliphatic carbocycles. The maximum Gasteiger partial charge on any atom is 0.285 e. The number of nitrogens with one attached hydrogen (secondary N) is 1. The molecule has 9 heavy (non-hydrogen) atoms. The predicted molar refractivity (Wildman–Crippen MR) is 40.2 cm³/mol. The Morgan fingerprint density at radius 1 is 1.67 bits per heavy atom. The second kappa shape index (κ2) is 7.01. The fourth-order valence-electron chi connectivity index (χ4n) is 0.320. The largest absolute Gasteiger partial charge is 0.285 e. The van der Waals surface area contributed by atoms with Crippen molar-refractivity contribution >= 4 is 19.4 Å². The van der Waals surface area contributed by atoms with Crippen LogP contribution in [0.2, 0.25) is 0 Å². The maximum absolute atomic E-state index is 3.94. The zero-order valence-electron chi connectivity index (χ0n) is 5.67. The Kier molecular flexibility index (Phi) is 6.24. The summed E-state index contributed by atoms with van der Waals surface area (Å²) in [5.74, 6) is 0. The van der Waals surface area contributed by atoms with E-state index in [4.69, 9.17) is 0 Å².